The zero-order valence-corrected chi connectivity index (χ0v) is 12.8. The van der Waals surface area contributed by atoms with E-state index in [1.54, 1.807) is 25.4 Å². The van der Waals surface area contributed by atoms with E-state index in [4.69, 9.17) is 0 Å². The van der Waals surface area contributed by atoms with Crippen molar-refractivity contribution in [3.63, 3.8) is 0 Å². The predicted octanol–water partition coefficient (Wildman–Crippen LogP) is 1.82. The van der Waals surface area contributed by atoms with E-state index in [1.807, 2.05) is 23.2 Å². The number of benzene rings is 1. The van der Waals surface area contributed by atoms with Crippen molar-refractivity contribution in [2.75, 3.05) is 20.1 Å². The topological polar surface area (TPSA) is 54.2 Å². The molecule has 2 N–H and O–H groups in total. The quantitative estimate of drug-likeness (QED) is 0.466. The van der Waals surface area contributed by atoms with Crippen LogP contribution in [0.15, 0.2) is 48.0 Å². The fourth-order valence-corrected chi connectivity index (χ4v) is 2.13. The molecule has 0 aliphatic rings. The number of halogens is 1. The number of guanidine groups is 1. The third-order valence-electron chi connectivity index (χ3n) is 3.26. The van der Waals surface area contributed by atoms with E-state index in [0.29, 0.717) is 6.54 Å². The Morgan fingerprint density at radius 3 is 2.91 bits per heavy atom. The lowest BCUT2D eigenvalue weighted by Gasteiger charge is -2.12. The summed E-state index contributed by atoms with van der Waals surface area (Å²) in [6, 6.07) is 6.67. The fraction of sp³-hybridized carbons (Fsp3) is 0.375. The highest BCUT2D eigenvalue weighted by molar-refractivity contribution is 5.79. The zero-order chi connectivity index (χ0) is 15.6. The van der Waals surface area contributed by atoms with E-state index in [-0.39, 0.29) is 5.82 Å². The van der Waals surface area contributed by atoms with Gasteiger partial charge >= 0.3 is 0 Å². The molecule has 0 aliphatic carbocycles. The molecule has 1 heterocycles. The molecule has 0 spiro atoms. The monoisotopic (exact) mass is 303 g/mol. The normalized spacial score (nSPS) is 11.5. The average molecular weight is 303 g/mol. The van der Waals surface area contributed by atoms with Gasteiger partial charge < -0.3 is 15.2 Å². The summed E-state index contributed by atoms with van der Waals surface area (Å²) < 4.78 is 15.1. The number of hydrogen-bond donors (Lipinski definition) is 2. The third kappa shape index (κ3) is 5.55. The van der Waals surface area contributed by atoms with E-state index in [9.17, 15) is 4.39 Å². The summed E-state index contributed by atoms with van der Waals surface area (Å²) in [6.07, 6.45) is 7.28. The Labute approximate surface area is 130 Å². The summed E-state index contributed by atoms with van der Waals surface area (Å²) >= 11 is 0. The minimum atomic E-state index is -0.195. The lowest BCUT2D eigenvalue weighted by Crippen LogP contribution is -2.38. The minimum absolute atomic E-state index is 0.195. The molecule has 6 heteroatoms. The van der Waals surface area contributed by atoms with Gasteiger partial charge in [0, 0.05) is 39.1 Å². The van der Waals surface area contributed by atoms with Crippen molar-refractivity contribution in [2.24, 2.45) is 4.99 Å². The van der Waals surface area contributed by atoms with E-state index in [2.05, 4.69) is 20.6 Å². The number of aliphatic imine (C=N–C) groups is 1. The number of nitrogens with zero attached hydrogens (tertiary/aromatic N) is 3. The zero-order valence-electron chi connectivity index (χ0n) is 12.8. The van der Waals surface area contributed by atoms with Crippen LogP contribution in [0.25, 0.3) is 0 Å². The average Bonchev–Trinajstić information content (AvgIpc) is 3.03. The van der Waals surface area contributed by atoms with Crippen LogP contribution in [-0.4, -0.2) is 35.6 Å². The summed E-state index contributed by atoms with van der Waals surface area (Å²) in [4.78, 5) is 8.18. The van der Waals surface area contributed by atoms with Crippen molar-refractivity contribution in [2.45, 2.75) is 19.4 Å². The SMILES string of the molecule is CN=C(NCCCn1ccnc1)NCCc1cccc(F)c1. The number of aromatic nitrogens is 2. The second-order valence-electron chi connectivity index (χ2n) is 4.96. The highest BCUT2D eigenvalue weighted by atomic mass is 19.1. The summed E-state index contributed by atoms with van der Waals surface area (Å²) in [6.45, 7) is 2.47. The predicted molar refractivity (Wildman–Crippen MR) is 86.3 cm³/mol. The van der Waals surface area contributed by atoms with Crippen molar-refractivity contribution in [1.29, 1.82) is 0 Å². The molecule has 1 aromatic heterocycles. The maximum Gasteiger partial charge on any atom is 0.190 e. The molecule has 2 aromatic rings. The number of rotatable bonds is 7. The lowest BCUT2D eigenvalue weighted by molar-refractivity contribution is 0.622. The molecule has 118 valence electrons. The molecule has 5 nitrogen and oxygen atoms in total. The van der Waals surface area contributed by atoms with Crippen molar-refractivity contribution < 1.29 is 4.39 Å². The number of hydrogen-bond acceptors (Lipinski definition) is 2. The summed E-state index contributed by atoms with van der Waals surface area (Å²) in [5.41, 5.74) is 0.975. The van der Waals surface area contributed by atoms with E-state index >= 15 is 0 Å². The minimum Gasteiger partial charge on any atom is -0.356 e. The molecule has 0 aliphatic heterocycles. The molecule has 2 rings (SSSR count). The second-order valence-corrected chi connectivity index (χ2v) is 4.96. The first kappa shape index (κ1) is 16.0. The second kappa shape index (κ2) is 8.81. The van der Waals surface area contributed by atoms with Gasteiger partial charge in [-0.3, -0.25) is 4.99 Å². The van der Waals surface area contributed by atoms with E-state index in [1.165, 1.54) is 6.07 Å². The summed E-state index contributed by atoms with van der Waals surface area (Å²) in [5, 5.41) is 6.49. The number of imidazole rings is 1. The molecule has 0 fully saturated rings. The van der Waals surface area contributed by atoms with Crippen LogP contribution in [0.2, 0.25) is 0 Å². The van der Waals surface area contributed by atoms with Gasteiger partial charge in [-0.25, -0.2) is 9.37 Å². The van der Waals surface area contributed by atoms with Crippen molar-refractivity contribution in [3.05, 3.63) is 54.4 Å². The molecule has 0 atom stereocenters. The first-order chi connectivity index (χ1) is 10.8. The van der Waals surface area contributed by atoms with Crippen LogP contribution in [0, 0.1) is 5.82 Å². The Morgan fingerprint density at radius 2 is 2.18 bits per heavy atom. The van der Waals surface area contributed by atoms with Crippen molar-refractivity contribution >= 4 is 5.96 Å². The van der Waals surface area contributed by atoms with E-state index < -0.39 is 0 Å². The van der Waals surface area contributed by atoms with Gasteiger partial charge in [-0.05, 0) is 30.5 Å². The Bertz CT molecular complexity index is 580. The van der Waals surface area contributed by atoms with Gasteiger partial charge in [0.2, 0.25) is 0 Å². The maximum absolute atomic E-state index is 13.1. The van der Waals surface area contributed by atoms with Crippen LogP contribution in [0.3, 0.4) is 0 Å². The maximum atomic E-state index is 13.1. The van der Waals surface area contributed by atoms with Gasteiger partial charge in [0.15, 0.2) is 5.96 Å². The molecular formula is C16H22FN5. The highest BCUT2D eigenvalue weighted by Crippen LogP contribution is 2.03. The highest BCUT2D eigenvalue weighted by Gasteiger charge is 1.99. The standard InChI is InChI=1S/C16H22FN5/c1-18-16(20-7-3-10-22-11-9-19-13-22)21-8-6-14-4-2-5-15(17)12-14/h2,4-5,9,11-13H,3,6-8,10H2,1H3,(H2,18,20,21). The molecule has 0 bridgehead atoms. The molecule has 0 saturated carbocycles. The van der Waals surface area contributed by atoms with Gasteiger partial charge in [-0.15, -0.1) is 0 Å². The van der Waals surface area contributed by atoms with Crippen molar-refractivity contribution in [3.8, 4) is 0 Å². The van der Waals surface area contributed by atoms with Gasteiger partial charge in [0.1, 0.15) is 5.82 Å². The van der Waals surface area contributed by atoms with Crippen LogP contribution in [-0.2, 0) is 13.0 Å². The molecule has 0 unspecified atom stereocenters. The van der Waals surface area contributed by atoms with Gasteiger partial charge in [0.05, 0.1) is 6.33 Å². The van der Waals surface area contributed by atoms with Crippen LogP contribution < -0.4 is 10.6 Å². The fourth-order valence-electron chi connectivity index (χ4n) is 2.13. The molecule has 22 heavy (non-hydrogen) atoms. The molecule has 0 amide bonds. The van der Waals surface area contributed by atoms with Crippen molar-refractivity contribution in [1.82, 2.24) is 20.2 Å². The lowest BCUT2D eigenvalue weighted by atomic mass is 10.1. The van der Waals surface area contributed by atoms with Crippen LogP contribution >= 0.6 is 0 Å². The van der Waals surface area contributed by atoms with Crippen LogP contribution in [0.5, 0.6) is 0 Å². The van der Waals surface area contributed by atoms with E-state index in [0.717, 1.165) is 37.5 Å². The Kier molecular flexibility index (Phi) is 6.41. The molecule has 0 saturated heterocycles. The summed E-state index contributed by atoms with van der Waals surface area (Å²) in [5.74, 6) is 0.571. The Morgan fingerprint density at radius 1 is 1.32 bits per heavy atom. The summed E-state index contributed by atoms with van der Waals surface area (Å²) in [7, 11) is 1.74. The Hall–Kier alpha value is -2.37. The Balaban J connectivity index is 1.62. The van der Waals surface area contributed by atoms with Crippen LogP contribution in [0.4, 0.5) is 4.39 Å². The molecule has 1 aromatic carbocycles. The first-order valence-corrected chi connectivity index (χ1v) is 7.42. The van der Waals surface area contributed by atoms with Gasteiger partial charge in [-0.2, -0.15) is 0 Å². The van der Waals surface area contributed by atoms with Gasteiger partial charge in [-0.1, -0.05) is 12.1 Å². The number of aryl methyl sites for hydroxylation is 1. The van der Waals surface area contributed by atoms with Gasteiger partial charge in [0.25, 0.3) is 0 Å². The number of nitrogens with one attached hydrogen (secondary N) is 2. The first-order valence-electron chi connectivity index (χ1n) is 7.42. The molecular weight excluding hydrogens is 281 g/mol. The van der Waals surface area contributed by atoms with Crippen LogP contribution in [0.1, 0.15) is 12.0 Å². The molecule has 0 radical (unpaired) electrons. The third-order valence-corrected chi connectivity index (χ3v) is 3.26. The largest absolute Gasteiger partial charge is 0.356 e. The smallest absolute Gasteiger partial charge is 0.190 e.